The third-order valence-electron chi connectivity index (χ3n) is 2.81. The Morgan fingerprint density at radius 3 is 2.56 bits per heavy atom. The summed E-state index contributed by atoms with van der Waals surface area (Å²) in [7, 11) is 4.64. The normalized spacial score (nSPS) is 11.3. The maximum atomic E-state index is 12.0. The first-order chi connectivity index (χ1) is 8.49. The number of hydrogen-bond donors (Lipinski definition) is 0. The molecule has 2 heterocycles. The van der Waals surface area contributed by atoms with Crippen molar-refractivity contribution in [2.45, 2.75) is 6.54 Å². The standard InChI is InChI=1S/C10H13BrN4O3/c1-13-7-6(8(16)14(2)10(13)17)12-9(11)15(7)4-5-18-3/h4-5H2,1-3H3. The van der Waals surface area contributed by atoms with Gasteiger partial charge in [-0.25, -0.2) is 9.78 Å². The molecule has 2 aromatic heterocycles. The highest BCUT2D eigenvalue weighted by Crippen LogP contribution is 2.15. The van der Waals surface area contributed by atoms with Crippen molar-refractivity contribution in [3.63, 3.8) is 0 Å². The van der Waals surface area contributed by atoms with Gasteiger partial charge in [0.05, 0.1) is 6.61 Å². The van der Waals surface area contributed by atoms with Crippen molar-refractivity contribution in [1.29, 1.82) is 0 Å². The van der Waals surface area contributed by atoms with Crippen molar-refractivity contribution in [1.82, 2.24) is 18.7 Å². The molecule has 0 saturated heterocycles. The molecule has 0 aliphatic heterocycles. The molecule has 0 bridgehead atoms. The van der Waals surface area contributed by atoms with Crippen molar-refractivity contribution >= 4 is 27.1 Å². The van der Waals surface area contributed by atoms with Gasteiger partial charge >= 0.3 is 5.69 Å². The van der Waals surface area contributed by atoms with Crippen LogP contribution in [-0.4, -0.2) is 32.4 Å². The Morgan fingerprint density at radius 1 is 1.28 bits per heavy atom. The fourth-order valence-electron chi connectivity index (χ4n) is 1.84. The monoisotopic (exact) mass is 316 g/mol. The highest BCUT2D eigenvalue weighted by molar-refractivity contribution is 9.10. The molecule has 0 saturated carbocycles. The van der Waals surface area contributed by atoms with Crippen molar-refractivity contribution < 1.29 is 4.74 Å². The second kappa shape index (κ2) is 4.69. The van der Waals surface area contributed by atoms with Crippen molar-refractivity contribution in [2.24, 2.45) is 14.1 Å². The summed E-state index contributed by atoms with van der Waals surface area (Å²) in [5.74, 6) is 0. The van der Waals surface area contributed by atoms with Crippen molar-refractivity contribution in [2.75, 3.05) is 13.7 Å². The van der Waals surface area contributed by atoms with E-state index in [0.29, 0.717) is 23.5 Å². The first-order valence-electron chi connectivity index (χ1n) is 5.29. The van der Waals surface area contributed by atoms with E-state index in [1.165, 1.54) is 11.6 Å². The van der Waals surface area contributed by atoms with Crippen molar-refractivity contribution in [3.8, 4) is 0 Å². The molecule has 7 nitrogen and oxygen atoms in total. The van der Waals surface area contributed by atoms with E-state index >= 15 is 0 Å². The minimum atomic E-state index is -0.398. The van der Waals surface area contributed by atoms with E-state index in [-0.39, 0.29) is 11.2 Å². The maximum Gasteiger partial charge on any atom is 0.332 e. The number of ether oxygens (including phenoxy) is 1. The zero-order chi connectivity index (χ0) is 13.4. The van der Waals surface area contributed by atoms with Gasteiger partial charge in [0, 0.05) is 27.7 Å². The Kier molecular flexibility index (Phi) is 3.40. The number of aryl methyl sites for hydroxylation is 1. The van der Waals surface area contributed by atoms with Crippen LogP contribution in [-0.2, 0) is 25.4 Å². The molecule has 0 aliphatic rings. The van der Waals surface area contributed by atoms with Crippen LogP contribution in [0.2, 0.25) is 0 Å². The highest BCUT2D eigenvalue weighted by atomic mass is 79.9. The highest BCUT2D eigenvalue weighted by Gasteiger charge is 2.17. The average Bonchev–Trinajstić information content (AvgIpc) is 2.68. The second-order valence-corrected chi connectivity index (χ2v) is 4.61. The number of halogens is 1. The van der Waals surface area contributed by atoms with Gasteiger partial charge < -0.3 is 9.30 Å². The quantitative estimate of drug-likeness (QED) is 0.738. The lowest BCUT2D eigenvalue weighted by Crippen LogP contribution is -2.37. The van der Waals surface area contributed by atoms with Gasteiger partial charge in [-0.1, -0.05) is 0 Å². The van der Waals surface area contributed by atoms with Gasteiger partial charge in [-0.2, -0.15) is 0 Å². The predicted molar refractivity (Wildman–Crippen MR) is 69.8 cm³/mol. The minimum Gasteiger partial charge on any atom is -0.383 e. The largest absolute Gasteiger partial charge is 0.383 e. The number of nitrogens with zero attached hydrogens (tertiary/aromatic N) is 4. The average molecular weight is 317 g/mol. The lowest BCUT2D eigenvalue weighted by Gasteiger charge is -2.08. The fourth-order valence-corrected chi connectivity index (χ4v) is 2.37. The summed E-state index contributed by atoms with van der Waals surface area (Å²) in [5, 5.41) is 0. The Hall–Kier alpha value is -1.41. The number of hydrogen-bond acceptors (Lipinski definition) is 4. The Morgan fingerprint density at radius 2 is 1.94 bits per heavy atom. The van der Waals surface area contributed by atoms with Gasteiger partial charge in [-0.15, -0.1) is 0 Å². The van der Waals surface area contributed by atoms with Gasteiger partial charge in [0.2, 0.25) is 0 Å². The lowest BCUT2D eigenvalue weighted by molar-refractivity contribution is 0.187. The van der Waals surface area contributed by atoms with E-state index < -0.39 is 5.56 Å². The van der Waals surface area contributed by atoms with E-state index in [9.17, 15) is 9.59 Å². The summed E-state index contributed by atoms with van der Waals surface area (Å²) in [6.07, 6.45) is 0. The van der Waals surface area contributed by atoms with Gasteiger partial charge in [0.1, 0.15) is 0 Å². The molecule has 0 unspecified atom stereocenters. The van der Waals surface area contributed by atoms with E-state index in [0.717, 1.165) is 4.57 Å². The molecule has 0 spiro atoms. The van der Waals surface area contributed by atoms with Crippen LogP contribution in [0.15, 0.2) is 14.3 Å². The van der Waals surface area contributed by atoms with E-state index in [1.807, 2.05) is 0 Å². The minimum absolute atomic E-state index is 0.266. The van der Waals surface area contributed by atoms with Gasteiger partial charge in [-0.3, -0.25) is 13.9 Å². The number of fused-ring (bicyclic) bond motifs is 1. The number of aromatic nitrogens is 4. The van der Waals surface area contributed by atoms with Crippen LogP contribution < -0.4 is 11.2 Å². The molecule has 0 atom stereocenters. The molecule has 2 aromatic rings. The molecule has 0 aromatic carbocycles. The summed E-state index contributed by atoms with van der Waals surface area (Å²) in [6.45, 7) is 0.974. The predicted octanol–water partition coefficient (Wildman–Crippen LogP) is -0.157. The molecule has 18 heavy (non-hydrogen) atoms. The lowest BCUT2D eigenvalue weighted by atomic mass is 10.5. The fraction of sp³-hybridized carbons (Fsp3) is 0.500. The molecule has 2 rings (SSSR count). The summed E-state index contributed by atoms with van der Waals surface area (Å²) in [5.41, 5.74) is -0.0156. The molecule has 0 aliphatic carbocycles. The van der Waals surface area contributed by atoms with E-state index in [4.69, 9.17) is 4.74 Å². The Bertz CT molecular complexity index is 712. The van der Waals surface area contributed by atoms with Crippen LogP contribution >= 0.6 is 15.9 Å². The van der Waals surface area contributed by atoms with E-state index in [2.05, 4.69) is 20.9 Å². The SMILES string of the molecule is COCCn1c(Br)nc2c(=O)n(C)c(=O)n(C)c21. The third-order valence-corrected chi connectivity index (χ3v) is 3.42. The summed E-state index contributed by atoms with van der Waals surface area (Å²) in [4.78, 5) is 28.0. The first-order valence-corrected chi connectivity index (χ1v) is 6.09. The van der Waals surface area contributed by atoms with Crippen LogP contribution in [0.4, 0.5) is 0 Å². The van der Waals surface area contributed by atoms with Crippen LogP contribution in [0.1, 0.15) is 0 Å². The second-order valence-electron chi connectivity index (χ2n) is 3.90. The first kappa shape index (κ1) is 13.0. The molecular weight excluding hydrogens is 304 g/mol. The zero-order valence-electron chi connectivity index (χ0n) is 10.3. The Labute approximate surface area is 111 Å². The van der Waals surface area contributed by atoms with Gasteiger partial charge in [0.25, 0.3) is 5.56 Å². The van der Waals surface area contributed by atoms with Crippen LogP contribution in [0, 0.1) is 0 Å². The van der Waals surface area contributed by atoms with Crippen LogP contribution in [0.25, 0.3) is 11.2 Å². The molecule has 0 radical (unpaired) electrons. The zero-order valence-corrected chi connectivity index (χ0v) is 11.9. The van der Waals surface area contributed by atoms with Crippen LogP contribution in [0.5, 0.6) is 0 Å². The molecule has 0 N–H and O–H groups in total. The molecule has 0 fully saturated rings. The van der Waals surface area contributed by atoms with Crippen molar-refractivity contribution in [3.05, 3.63) is 25.6 Å². The number of rotatable bonds is 3. The molecule has 0 amide bonds. The van der Waals surface area contributed by atoms with E-state index in [1.54, 1.807) is 18.7 Å². The summed E-state index contributed by atoms with van der Waals surface area (Å²) in [6, 6.07) is 0. The topological polar surface area (TPSA) is 71.1 Å². The van der Waals surface area contributed by atoms with Gasteiger partial charge in [-0.05, 0) is 15.9 Å². The summed E-state index contributed by atoms with van der Waals surface area (Å²) >= 11 is 3.29. The third kappa shape index (κ3) is 1.81. The molecule has 98 valence electrons. The molecule has 8 heteroatoms. The van der Waals surface area contributed by atoms with Crippen LogP contribution in [0.3, 0.4) is 0 Å². The number of methoxy groups -OCH3 is 1. The number of imidazole rings is 1. The van der Waals surface area contributed by atoms with Gasteiger partial charge in [0.15, 0.2) is 15.9 Å². The summed E-state index contributed by atoms with van der Waals surface area (Å²) < 4.78 is 9.70. The smallest absolute Gasteiger partial charge is 0.332 e. The molecular formula is C10H13BrN4O3. The maximum absolute atomic E-state index is 12.0. The Balaban J connectivity index is 2.86.